The number of carbonyl (C=O) groups is 2. The highest BCUT2D eigenvalue weighted by molar-refractivity contribution is 7.12. The molecule has 0 radical (unpaired) electrons. The molecule has 4 atom stereocenters. The fraction of sp³-hybridized carbons (Fsp3) is 0.345. The molecule has 196 valence electrons. The molecule has 2 fully saturated rings. The predicted octanol–water partition coefficient (Wildman–Crippen LogP) is 4.65. The standard InChI is InChI=1S/C29H28FN3O4S/c1-17-5-8-27(38-17)22-13-23(22)29(36)32-21-4-2-3-18(12-21)19-6-7-25(20(11-19)14-31)37-26-9-10-33(15-24(26)30)28(35)16-34/h2-8,11-12,22-24,26,34H,9-10,13,15-16H2,1H3,(H,32,36)/t22-,23-,24-,26+/m1/s1. The third kappa shape index (κ3) is 5.57. The minimum absolute atomic E-state index is 0.00665. The van der Waals surface area contributed by atoms with Crippen LogP contribution in [-0.4, -0.2) is 53.8 Å². The van der Waals surface area contributed by atoms with Gasteiger partial charge in [-0.05, 0) is 60.9 Å². The van der Waals surface area contributed by atoms with Crippen molar-refractivity contribution in [2.24, 2.45) is 5.92 Å². The molecule has 2 aromatic carbocycles. The molecule has 1 saturated heterocycles. The molecule has 2 N–H and O–H groups in total. The van der Waals surface area contributed by atoms with Crippen molar-refractivity contribution in [3.05, 3.63) is 69.9 Å². The second-order valence-electron chi connectivity index (χ2n) is 9.75. The fourth-order valence-corrected chi connectivity index (χ4v) is 5.92. The lowest BCUT2D eigenvalue weighted by Crippen LogP contribution is -2.50. The van der Waals surface area contributed by atoms with Crippen LogP contribution in [0.25, 0.3) is 11.1 Å². The number of hydrogen-bond donors (Lipinski definition) is 2. The van der Waals surface area contributed by atoms with Crippen molar-refractivity contribution in [2.75, 3.05) is 25.0 Å². The van der Waals surface area contributed by atoms with Crippen molar-refractivity contribution in [1.82, 2.24) is 4.90 Å². The minimum Gasteiger partial charge on any atom is -0.486 e. The molecule has 0 unspecified atom stereocenters. The first kappa shape index (κ1) is 25.9. The molecular formula is C29H28FN3O4S. The van der Waals surface area contributed by atoms with Crippen LogP contribution >= 0.6 is 11.3 Å². The van der Waals surface area contributed by atoms with Crippen LogP contribution in [0, 0.1) is 24.2 Å². The Labute approximate surface area is 224 Å². The van der Waals surface area contributed by atoms with Gasteiger partial charge in [-0.3, -0.25) is 9.59 Å². The van der Waals surface area contributed by atoms with Crippen LogP contribution in [-0.2, 0) is 9.59 Å². The normalized spacial score (nSPS) is 22.4. The Morgan fingerprint density at radius 3 is 2.74 bits per heavy atom. The summed E-state index contributed by atoms with van der Waals surface area (Å²) < 4.78 is 20.5. The molecule has 1 aromatic heterocycles. The number of amides is 2. The Morgan fingerprint density at radius 1 is 1.21 bits per heavy atom. The zero-order chi connectivity index (χ0) is 26.8. The number of likely N-dealkylation sites (tertiary alicyclic amines) is 1. The summed E-state index contributed by atoms with van der Waals surface area (Å²) >= 11 is 1.74. The average Bonchev–Trinajstić information content (AvgIpc) is 3.62. The number of anilines is 1. The molecule has 38 heavy (non-hydrogen) atoms. The van der Waals surface area contributed by atoms with Crippen LogP contribution in [0.1, 0.15) is 34.1 Å². The Hall–Kier alpha value is -3.74. The van der Waals surface area contributed by atoms with Crippen molar-refractivity contribution < 1.29 is 23.8 Å². The summed E-state index contributed by atoms with van der Waals surface area (Å²) in [5.41, 5.74) is 2.55. The van der Waals surface area contributed by atoms with Crippen LogP contribution < -0.4 is 10.1 Å². The van der Waals surface area contributed by atoms with Crippen LogP contribution in [0.4, 0.5) is 10.1 Å². The lowest BCUT2D eigenvalue weighted by atomic mass is 10.0. The van der Waals surface area contributed by atoms with Gasteiger partial charge >= 0.3 is 0 Å². The van der Waals surface area contributed by atoms with E-state index >= 15 is 0 Å². The Kier molecular flexibility index (Phi) is 7.45. The number of aliphatic hydroxyl groups is 1. The van der Waals surface area contributed by atoms with Crippen LogP contribution in [0.2, 0.25) is 0 Å². The van der Waals surface area contributed by atoms with Crippen molar-refractivity contribution in [1.29, 1.82) is 5.26 Å². The summed E-state index contributed by atoms with van der Waals surface area (Å²) in [5.74, 6) is 0.0346. The van der Waals surface area contributed by atoms with Gasteiger partial charge in [0.2, 0.25) is 11.8 Å². The Balaban J connectivity index is 1.25. The topological polar surface area (TPSA) is 103 Å². The number of aryl methyl sites for hydroxylation is 1. The van der Waals surface area contributed by atoms with E-state index in [0.717, 1.165) is 17.5 Å². The van der Waals surface area contributed by atoms with Crippen LogP contribution in [0.15, 0.2) is 54.6 Å². The molecule has 1 saturated carbocycles. The number of thiophene rings is 1. The van der Waals surface area contributed by atoms with Crippen LogP contribution in [0.3, 0.4) is 0 Å². The second-order valence-corrected chi connectivity index (χ2v) is 11.1. The van der Waals surface area contributed by atoms with Gasteiger partial charge in [0.15, 0.2) is 6.17 Å². The summed E-state index contributed by atoms with van der Waals surface area (Å²) in [5, 5.41) is 21.8. The highest BCUT2D eigenvalue weighted by atomic mass is 32.1. The summed E-state index contributed by atoms with van der Waals surface area (Å²) in [6, 6.07) is 18.9. The third-order valence-corrected chi connectivity index (χ3v) is 8.20. The molecule has 2 heterocycles. The number of piperidine rings is 1. The quantitative estimate of drug-likeness (QED) is 0.460. The number of ether oxygens (including phenoxy) is 1. The van der Waals surface area contributed by atoms with Gasteiger partial charge in [0.25, 0.3) is 0 Å². The lowest BCUT2D eigenvalue weighted by Gasteiger charge is -2.34. The number of rotatable bonds is 7. The number of benzene rings is 2. The molecule has 9 heteroatoms. The first-order chi connectivity index (χ1) is 18.4. The zero-order valence-corrected chi connectivity index (χ0v) is 21.7. The number of nitrogens with zero attached hydrogens (tertiary/aromatic N) is 2. The molecule has 5 rings (SSSR count). The molecule has 2 amide bonds. The molecule has 0 spiro atoms. The van der Waals surface area contributed by atoms with Crippen molar-refractivity contribution >= 4 is 28.8 Å². The molecule has 0 bridgehead atoms. The van der Waals surface area contributed by atoms with E-state index in [1.807, 2.05) is 24.3 Å². The number of carbonyl (C=O) groups excluding carboxylic acids is 2. The van der Waals surface area contributed by atoms with Gasteiger partial charge in [-0.1, -0.05) is 18.2 Å². The Bertz CT molecular complexity index is 1400. The first-order valence-corrected chi connectivity index (χ1v) is 13.4. The molecule has 3 aromatic rings. The third-order valence-electron chi connectivity index (χ3n) is 7.07. The van der Waals surface area contributed by atoms with Gasteiger partial charge in [-0.25, -0.2) is 4.39 Å². The molecule has 1 aliphatic heterocycles. The van der Waals surface area contributed by atoms with Gasteiger partial charge in [0, 0.05) is 40.2 Å². The molecule has 7 nitrogen and oxygen atoms in total. The number of hydrogen-bond acceptors (Lipinski definition) is 6. The van der Waals surface area contributed by atoms with E-state index < -0.39 is 24.8 Å². The van der Waals surface area contributed by atoms with E-state index in [9.17, 15) is 19.2 Å². The monoisotopic (exact) mass is 533 g/mol. The molecule has 2 aliphatic rings. The van der Waals surface area contributed by atoms with Crippen molar-refractivity contribution in [2.45, 2.75) is 38.0 Å². The molecular weight excluding hydrogens is 505 g/mol. The van der Waals surface area contributed by atoms with Crippen molar-refractivity contribution in [3.63, 3.8) is 0 Å². The maximum Gasteiger partial charge on any atom is 0.248 e. The van der Waals surface area contributed by atoms with Crippen molar-refractivity contribution in [3.8, 4) is 22.9 Å². The van der Waals surface area contributed by atoms with Crippen LogP contribution in [0.5, 0.6) is 5.75 Å². The van der Waals surface area contributed by atoms with Gasteiger partial charge in [-0.2, -0.15) is 5.26 Å². The van der Waals surface area contributed by atoms with E-state index in [0.29, 0.717) is 5.69 Å². The van der Waals surface area contributed by atoms with E-state index in [1.54, 1.807) is 29.5 Å². The Morgan fingerprint density at radius 2 is 2.03 bits per heavy atom. The fourth-order valence-electron chi connectivity index (χ4n) is 4.87. The smallest absolute Gasteiger partial charge is 0.248 e. The number of aliphatic hydroxyl groups excluding tert-OH is 1. The van der Waals surface area contributed by atoms with Gasteiger partial charge in [0.05, 0.1) is 12.1 Å². The summed E-state index contributed by atoms with van der Waals surface area (Å²) in [7, 11) is 0. The molecule has 1 aliphatic carbocycles. The van der Waals surface area contributed by atoms with E-state index in [1.165, 1.54) is 14.7 Å². The van der Waals surface area contributed by atoms with Gasteiger partial charge in [0.1, 0.15) is 24.5 Å². The summed E-state index contributed by atoms with van der Waals surface area (Å²) in [6.07, 6.45) is -1.11. The largest absolute Gasteiger partial charge is 0.486 e. The maximum atomic E-state index is 14.7. The number of nitrogens with one attached hydrogen (secondary N) is 1. The van der Waals surface area contributed by atoms with E-state index in [2.05, 4.69) is 30.4 Å². The average molecular weight is 534 g/mol. The summed E-state index contributed by atoms with van der Waals surface area (Å²) in [4.78, 5) is 28.2. The highest BCUT2D eigenvalue weighted by Gasteiger charge is 2.44. The zero-order valence-electron chi connectivity index (χ0n) is 20.9. The van der Waals surface area contributed by atoms with E-state index in [4.69, 9.17) is 9.84 Å². The van der Waals surface area contributed by atoms with Gasteiger partial charge < -0.3 is 20.1 Å². The lowest BCUT2D eigenvalue weighted by molar-refractivity contribution is -0.138. The number of alkyl halides is 1. The predicted molar refractivity (Wildman–Crippen MR) is 143 cm³/mol. The summed E-state index contributed by atoms with van der Waals surface area (Å²) in [6.45, 7) is 1.53. The SMILES string of the molecule is Cc1ccc([C@@H]2C[C@H]2C(=O)Nc2cccc(-c3ccc(O[C@H]4CCN(C(=O)CO)C[C@H]4F)c(C#N)c3)c2)s1. The van der Waals surface area contributed by atoms with Gasteiger partial charge in [-0.15, -0.1) is 11.3 Å². The second kappa shape index (κ2) is 10.9. The minimum atomic E-state index is -1.43. The first-order valence-electron chi connectivity index (χ1n) is 12.6. The highest BCUT2D eigenvalue weighted by Crippen LogP contribution is 2.50. The van der Waals surface area contributed by atoms with E-state index in [-0.39, 0.29) is 48.6 Å². The number of halogens is 1. The maximum absolute atomic E-state index is 14.7. The number of nitriles is 1.